The Morgan fingerprint density at radius 3 is 2.03 bits per heavy atom. The highest BCUT2D eigenvalue weighted by molar-refractivity contribution is 5.92. The fourth-order valence-corrected chi connectivity index (χ4v) is 4.14. The Kier molecular flexibility index (Phi) is 5.74. The molecule has 5 heterocycles. The normalized spacial score (nSPS) is 11.1. The molecule has 10 nitrogen and oxygen atoms in total. The monoisotopic (exact) mass is 489 g/mol. The minimum atomic E-state index is 0.490. The molecule has 5 aromatic heterocycles. The lowest BCUT2D eigenvalue weighted by Crippen LogP contribution is -2.05. The maximum Gasteiger partial charge on any atom is 0.184 e. The lowest BCUT2D eigenvalue weighted by atomic mass is 10.2. The fourth-order valence-electron chi connectivity index (χ4n) is 4.14. The maximum atomic E-state index is 5.37. The summed E-state index contributed by atoms with van der Waals surface area (Å²) in [7, 11) is 0. The van der Waals surface area contributed by atoms with Crippen LogP contribution in [-0.4, -0.2) is 34.9 Å². The highest BCUT2D eigenvalue weighted by Gasteiger charge is 2.19. The Labute approximate surface area is 212 Å². The lowest BCUT2D eigenvalue weighted by molar-refractivity contribution is 0.392. The van der Waals surface area contributed by atoms with Crippen molar-refractivity contribution >= 4 is 33.9 Å². The van der Waals surface area contributed by atoms with Crippen molar-refractivity contribution in [3.63, 3.8) is 0 Å². The number of para-hydroxylation sites is 1. The van der Waals surface area contributed by atoms with Crippen LogP contribution in [0.5, 0.6) is 0 Å². The number of anilines is 4. The van der Waals surface area contributed by atoms with Crippen LogP contribution in [0.15, 0.2) is 83.9 Å². The zero-order valence-corrected chi connectivity index (χ0v) is 20.3. The number of hydrogen-bond donors (Lipinski definition) is 2. The Morgan fingerprint density at radius 1 is 0.811 bits per heavy atom. The van der Waals surface area contributed by atoms with Gasteiger partial charge in [-0.2, -0.15) is 5.10 Å². The Balaban J connectivity index is 1.46. The third-order valence-electron chi connectivity index (χ3n) is 5.99. The number of aromatic nitrogens is 7. The highest BCUT2D eigenvalue weighted by Crippen LogP contribution is 2.30. The number of pyridine rings is 2. The molecule has 0 aliphatic carbocycles. The minimum absolute atomic E-state index is 0.490. The molecule has 0 unspecified atom stereocenters. The molecule has 0 aliphatic heterocycles. The summed E-state index contributed by atoms with van der Waals surface area (Å²) in [4.78, 5) is 17.8. The molecule has 0 aliphatic rings. The number of rotatable bonds is 7. The molecule has 37 heavy (non-hydrogen) atoms. The van der Waals surface area contributed by atoms with Crippen LogP contribution in [0.4, 0.5) is 23.0 Å². The van der Waals surface area contributed by atoms with Crippen LogP contribution in [0, 0.1) is 13.8 Å². The van der Waals surface area contributed by atoms with Gasteiger partial charge in [0, 0.05) is 53.2 Å². The topological polar surface area (TPSA) is 119 Å². The van der Waals surface area contributed by atoms with Crippen LogP contribution in [0.1, 0.15) is 17.0 Å². The van der Waals surface area contributed by atoms with Crippen LogP contribution in [0.3, 0.4) is 0 Å². The third kappa shape index (κ3) is 4.59. The zero-order chi connectivity index (χ0) is 25.2. The van der Waals surface area contributed by atoms with E-state index in [0.717, 1.165) is 39.3 Å². The molecule has 0 radical (unpaired) electrons. The van der Waals surface area contributed by atoms with E-state index in [4.69, 9.17) is 19.6 Å². The number of benzene rings is 1. The van der Waals surface area contributed by atoms with Crippen LogP contribution in [-0.2, 0) is 6.54 Å². The molecular weight excluding hydrogens is 466 g/mol. The van der Waals surface area contributed by atoms with Crippen LogP contribution in [0.25, 0.3) is 22.4 Å². The molecule has 6 rings (SSSR count). The number of nitrogens with one attached hydrogen (secondary N) is 2. The molecule has 1 aromatic carbocycles. The number of hydrogen-bond acceptors (Lipinski definition) is 9. The van der Waals surface area contributed by atoms with Gasteiger partial charge in [-0.05, 0) is 44.2 Å². The third-order valence-corrected chi connectivity index (χ3v) is 5.99. The first-order chi connectivity index (χ1) is 18.1. The SMILES string of the molecule is Cc1noc(C)c1Cn1nc(-c2nc(Nc3ccncc3)cc(Nc3ccncc3)n2)c2ccccc21. The molecule has 2 N–H and O–H groups in total. The largest absolute Gasteiger partial charge is 0.361 e. The first-order valence-electron chi connectivity index (χ1n) is 11.7. The van der Waals surface area contributed by atoms with Gasteiger partial charge < -0.3 is 15.2 Å². The van der Waals surface area contributed by atoms with E-state index < -0.39 is 0 Å². The van der Waals surface area contributed by atoms with E-state index in [1.165, 1.54) is 0 Å². The lowest BCUT2D eigenvalue weighted by Gasteiger charge is -2.11. The van der Waals surface area contributed by atoms with E-state index >= 15 is 0 Å². The molecule has 0 fully saturated rings. The zero-order valence-electron chi connectivity index (χ0n) is 20.3. The summed E-state index contributed by atoms with van der Waals surface area (Å²) in [5.74, 6) is 2.51. The first kappa shape index (κ1) is 22.4. The summed E-state index contributed by atoms with van der Waals surface area (Å²) in [5.41, 5.74) is 5.23. The molecule has 0 bridgehead atoms. The molecule has 0 amide bonds. The molecule has 0 saturated carbocycles. The second-order valence-electron chi connectivity index (χ2n) is 8.51. The number of aryl methyl sites for hydroxylation is 2. The first-order valence-corrected chi connectivity index (χ1v) is 11.7. The van der Waals surface area contributed by atoms with Gasteiger partial charge in [0.25, 0.3) is 0 Å². The van der Waals surface area contributed by atoms with E-state index in [2.05, 4.69) is 25.8 Å². The number of fused-ring (bicyclic) bond motifs is 1. The Morgan fingerprint density at radius 2 is 1.43 bits per heavy atom. The van der Waals surface area contributed by atoms with Crippen molar-refractivity contribution in [2.24, 2.45) is 0 Å². The second kappa shape index (κ2) is 9.50. The summed E-state index contributed by atoms with van der Waals surface area (Å²) in [5, 5.41) is 16.7. The molecule has 182 valence electrons. The van der Waals surface area contributed by atoms with E-state index in [1.54, 1.807) is 24.8 Å². The summed E-state index contributed by atoms with van der Waals surface area (Å²) in [6.45, 7) is 4.38. The fraction of sp³-hybridized carbons (Fsp3) is 0.111. The van der Waals surface area contributed by atoms with Crippen LogP contribution < -0.4 is 10.6 Å². The van der Waals surface area contributed by atoms with Gasteiger partial charge in [0.15, 0.2) is 5.82 Å². The van der Waals surface area contributed by atoms with E-state index in [-0.39, 0.29) is 0 Å². The molecular formula is C27H23N9O. The average molecular weight is 490 g/mol. The summed E-state index contributed by atoms with van der Waals surface area (Å²) < 4.78 is 7.32. The minimum Gasteiger partial charge on any atom is -0.361 e. The van der Waals surface area contributed by atoms with Crippen molar-refractivity contribution in [2.75, 3.05) is 10.6 Å². The van der Waals surface area contributed by atoms with Crippen LogP contribution >= 0.6 is 0 Å². The second-order valence-corrected chi connectivity index (χ2v) is 8.51. The standard InChI is InChI=1S/C27H23N9O/c1-17-22(18(2)37-35-17)16-36-23-6-4-3-5-21(23)26(34-36)27-32-24(30-19-7-11-28-12-8-19)15-25(33-27)31-20-9-13-29-14-10-20/h3-15H,16H2,1-2H3,(H2,28,29,30,31,32,33). The predicted molar refractivity (Wildman–Crippen MR) is 141 cm³/mol. The van der Waals surface area contributed by atoms with Crippen molar-refractivity contribution in [3.8, 4) is 11.5 Å². The Bertz CT molecular complexity index is 1600. The van der Waals surface area contributed by atoms with Gasteiger partial charge in [-0.25, -0.2) is 9.97 Å². The molecule has 0 atom stereocenters. The van der Waals surface area contributed by atoms with E-state index in [9.17, 15) is 0 Å². The van der Waals surface area contributed by atoms with Gasteiger partial charge in [-0.15, -0.1) is 0 Å². The summed E-state index contributed by atoms with van der Waals surface area (Å²) in [6, 6.07) is 17.4. The quantitative estimate of drug-likeness (QED) is 0.303. The summed E-state index contributed by atoms with van der Waals surface area (Å²) in [6.07, 6.45) is 6.91. The smallest absolute Gasteiger partial charge is 0.184 e. The van der Waals surface area contributed by atoms with Gasteiger partial charge in [0.2, 0.25) is 0 Å². The van der Waals surface area contributed by atoms with Crippen molar-refractivity contribution in [3.05, 3.63) is 96.4 Å². The van der Waals surface area contributed by atoms with Gasteiger partial charge in [0.05, 0.1) is 17.8 Å². The van der Waals surface area contributed by atoms with Gasteiger partial charge >= 0.3 is 0 Å². The molecule has 6 aromatic rings. The van der Waals surface area contributed by atoms with Crippen molar-refractivity contribution in [1.29, 1.82) is 0 Å². The number of nitrogens with zero attached hydrogens (tertiary/aromatic N) is 7. The average Bonchev–Trinajstić information content (AvgIpc) is 3.45. The van der Waals surface area contributed by atoms with Crippen molar-refractivity contribution in [2.45, 2.75) is 20.4 Å². The van der Waals surface area contributed by atoms with Gasteiger partial charge in [-0.3, -0.25) is 14.6 Å². The van der Waals surface area contributed by atoms with Crippen molar-refractivity contribution in [1.82, 2.24) is 34.9 Å². The summed E-state index contributed by atoms with van der Waals surface area (Å²) >= 11 is 0. The van der Waals surface area contributed by atoms with Crippen molar-refractivity contribution < 1.29 is 4.52 Å². The molecule has 0 spiro atoms. The van der Waals surface area contributed by atoms with Gasteiger partial charge in [-0.1, -0.05) is 23.4 Å². The van der Waals surface area contributed by atoms with E-state index in [1.807, 2.05) is 73.1 Å². The highest BCUT2D eigenvalue weighted by atomic mass is 16.5. The van der Waals surface area contributed by atoms with Crippen LogP contribution in [0.2, 0.25) is 0 Å². The molecule has 0 saturated heterocycles. The predicted octanol–water partition coefficient (Wildman–Crippen LogP) is 5.42. The Hall–Kier alpha value is -5.12. The van der Waals surface area contributed by atoms with Gasteiger partial charge in [0.1, 0.15) is 23.1 Å². The van der Waals surface area contributed by atoms with E-state index in [0.29, 0.717) is 29.7 Å². The maximum absolute atomic E-state index is 5.37. The molecule has 10 heteroatoms.